The number of carbonyl (C=O) groups is 2. The molecular weight excluding hydrogens is 450 g/mol. The molecule has 4 aromatic rings. The Labute approximate surface area is 201 Å². The van der Waals surface area contributed by atoms with Gasteiger partial charge in [0.1, 0.15) is 0 Å². The number of aryl methyl sites for hydroxylation is 2. The fraction of sp³-hybridized carbons (Fsp3) is 0.400. The molecule has 3 heterocycles. The van der Waals surface area contributed by atoms with Crippen LogP contribution in [-0.4, -0.2) is 41.0 Å². The lowest BCUT2D eigenvalue weighted by Gasteiger charge is -2.12. The SMILES string of the molecule is CCCCCn1c(=O)c2ccccc2n2c(SC(C)C(=O)c3[nH]c(C)c(C(C)=O)c3C)nnc12. The summed E-state index contributed by atoms with van der Waals surface area (Å²) in [5.41, 5.74) is 3.01. The smallest absolute Gasteiger partial charge is 0.262 e. The van der Waals surface area contributed by atoms with E-state index in [0.717, 1.165) is 19.3 Å². The molecule has 0 spiro atoms. The van der Waals surface area contributed by atoms with Gasteiger partial charge in [-0.2, -0.15) is 0 Å². The molecular formula is C25H29N5O3S. The molecule has 34 heavy (non-hydrogen) atoms. The number of nitrogens with zero attached hydrogens (tertiary/aromatic N) is 4. The summed E-state index contributed by atoms with van der Waals surface area (Å²) in [6.07, 6.45) is 2.94. The lowest BCUT2D eigenvalue weighted by atomic mass is 10.0. The average molecular weight is 480 g/mol. The Morgan fingerprint density at radius 1 is 1.15 bits per heavy atom. The fourth-order valence-corrected chi connectivity index (χ4v) is 5.39. The van der Waals surface area contributed by atoms with Gasteiger partial charge in [-0.1, -0.05) is 43.7 Å². The Kier molecular flexibility index (Phi) is 6.74. The van der Waals surface area contributed by atoms with E-state index < -0.39 is 5.25 Å². The molecule has 0 bridgehead atoms. The summed E-state index contributed by atoms with van der Waals surface area (Å²) in [4.78, 5) is 41.6. The fourth-order valence-electron chi connectivity index (χ4n) is 4.47. The number of hydrogen-bond acceptors (Lipinski definition) is 6. The molecule has 8 nitrogen and oxygen atoms in total. The van der Waals surface area contributed by atoms with E-state index in [1.54, 1.807) is 18.4 Å². The molecule has 0 aliphatic rings. The zero-order chi connectivity index (χ0) is 24.6. The van der Waals surface area contributed by atoms with Gasteiger partial charge >= 0.3 is 0 Å². The molecule has 1 atom stereocenters. The van der Waals surface area contributed by atoms with Gasteiger partial charge in [0.2, 0.25) is 5.78 Å². The Balaban J connectivity index is 1.76. The van der Waals surface area contributed by atoms with Crippen molar-refractivity contribution in [2.75, 3.05) is 0 Å². The molecule has 0 radical (unpaired) electrons. The number of rotatable bonds is 9. The molecule has 1 aromatic carbocycles. The van der Waals surface area contributed by atoms with Crippen LogP contribution in [0.25, 0.3) is 16.7 Å². The van der Waals surface area contributed by atoms with Gasteiger partial charge in [-0.15, -0.1) is 10.2 Å². The lowest BCUT2D eigenvalue weighted by molar-refractivity contribution is 0.0988. The third-order valence-electron chi connectivity index (χ3n) is 6.15. The van der Waals surface area contributed by atoms with Gasteiger partial charge in [-0.05, 0) is 51.8 Å². The maximum Gasteiger partial charge on any atom is 0.262 e. The predicted molar refractivity (Wildman–Crippen MR) is 134 cm³/mol. The molecule has 9 heteroatoms. The Morgan fingerprint density at radius 3 is 2.56 bits per heavy atom. The molecule has 3 aromatic heterocycles. The molecule has 1 N–H and O–H groups in total. The quantitative estimate of drug-likeness (QED) is 0.211. The number of hydrogen-bond donors (Lipinski definition) is 1. The van der Waals surface area contributed by atoms with Crippen LogP contribution in [0.2, 0.25) is 0 Å². The minimum atomic E-state index is -0.483. The van der Waals surface area contributed by atoms with Crippen LogP contribution in [0.15, 0.2) is 34.2 Å². The van der Waals surface area contributed by atoms with E-state index in [-0.39, 0.29) is 17.1 Å². The summed E-state index contributed by atoms with van der Waals surface area (Å²) >= 11 is 1.29. The first-order valence-electron chi connectivity index (χ1n) is 11.5. The van der Waals surface area contributed by atoms with Gasteiger partial charge < -0.3 is 4.98 Å². The van der Waals surface area contributed by atoms with Crippen LogP contribution in [0.5, 0.6) is 0 Å². The molecule has 0 saturated carbocycles. The minimum absolute atomic E-state index is 0.0680. The van der Waals surface area contributed by atoms with Crippen LogP contribution in [0.3, 0.4) is 0 Å². The number of aromatic amines is 1. The third kappa shape index (κ3) is 4.09. The second kappa shape index (κ2) is 9.58. The van der Waals surface area contributed by atoms with E-state index in [1.165, 1.54) is 18.7 Å². The van der Waals surface area contributed by atoms with Gasteiger partial charge in [-0.25, -0.2) is 0 Å². The van der Waals surface area contributed by atoms with Crippen LogP contribution in [0.1, 0.15) is 72.1 Å². The third-order valence-corrected chi connectivity index (χ3v) is 7.19. The van der Waals surface area contributed by atoms with Crippen LogP contribution < -0.4 is 5.56 Å². The zero-order valence-electron chi connectivity index (χ0n) is 20.1. The minimum Gasteiger partial charge on any atom is -0.355 e. The van der Waals surface area contributed by atoms with Gasteiger partial charge in [-0.3, -0.25) is 23.4 Å². The van der Waals surface area contributed by atoms with E-state index in [1.807, 2.05) is 35.6 Å². The first-order valence-corrected chi connectivity index (χ1v) is 12.4. The van der Waals surface area contributed by atoms with Crippen LogP contribution >= 0.6 is 11.8 Å². The highest BCUT2D eigenvalue weighted by atomic mass is 32.2. The molecule has 0 aliphatic heterocycles. The molecule has 0 saturated heterocycles. The second-order valence-electron chi connectivity index (χ2n) is 8.60. The predicted octanol–water partition coefficient (Wildman–Crippen LogP) is 4.75. The Morgan fingerprint density at radius 2 is 1.88 bits per heavy atom. The van der Waals surface area contributed by atoms with Crippen molar-refractivity contribution in [3.8, 4) is 0 Å². The van der Waals surface area contributed by atoms with Crippen molar-refractivity contribution in [3.05, 3.63) is 57.1 Å². The van der Waals surface area contributed by atoms with Crippen LogP contribution in [0, 0.1) is 13.8 Å². The molecule has 0 amide bonds. The number of aromatic nitrogens is 5. The number of carbonyl (C=O) groups excluding carboxylic acids is 2. The summed E-state index contributed by atoms with van der Waals surface area (Å²) < 4.78 is 3.55. The number of H-pyrrole nitrogens is 1. The van der Waals surface area contributed by atoms with Crippen molar-refractivity contribution < 1.29 is 9.59 Å². The highest BCUT2D eigenvalue weighted by molar-refractivity contribution is 8.00. The van der Waals surface area contributed by atoms with Crippen molar-refractivity contribution in [2.45, 2.75) is 70.8 Å². The maximum atomic E-state index is 13.3. The Bertz CT molecular complexity index is 1460. The number of nitrogens with one attached hydrogen (secondary N) is 1. The summed E-state index contributed by atoms with van der Waals surface area (Å²) in [5, 5.41) is 9.36. The lowest BCUT2D eigenvalue weighted by Crippen LogP contribution is -2.23. The number of para-hydroxylation sites is 1. The summed E-state index contributed by atoms with van der Waals surface area (Å²) in [6.45, 7) is 9.59. The van der Waals surface area contributed by atoms with Crippen molar-refractivity contribution in [2.24, 2.45) is 0 Å². The number of unbranched alkanes of at least 4 members (excludes halogenated alkanes) is 2. The Hall–Kier alpha value is -3.20. The molecule has 1 unspecified atom stereocenters. The van der Waals surface area contributed by atoms with Gasteiger partial charge in [0, 0.05) is 17.8 Å². The van der Waals surface area contributed by atoms with E-state index in [0.29, 0.717) is 50.9 Å². The summed E-state index contributed by atoms with van der Waals surface area (Å²) in [7, 11) is 0. The second-order valence-corrected chi connectivity index (χ2v) is 9.91. The van der Waals surface area contributed by atoms with Gasteiger partial charge in [0.05, 0.1) is 21.8 Å². The van der Waals surface area contributed by atoms with Crippen molar-refractivity contribution in [1.29, 1.82) is 0 Å². The number of thioether (sulfide) groups is 1. The van der Waals surface area contributed by atoms with E-state index >= 15 is 0 Å². The van der Waals surface area contributed by atoms with Crippen LogP contribution in [-0.2, 0) is 6.54 Å². The van der Waals surface area contributed by atoms with E-state index in [2.05, 4.69) is 22.1 Å². The molecule has 0 fully saturated rings. The highest BCUT2D eigenvalue weighted by Crippen LogP contribution is 2.29. The summed E-state index contributed by atoms with van der Waals surface area (Å²) in [5.74, 6) is 0.296. The van der Waals surface area contributed by atoms with E-state index in [4.69, 9.17) is 0 Å². The van der Waals surface area contributed by atoms with Gasteiger partial charge in [0.15, 0.2) is 16.7 Å². The number of ketones is 2. The van der Waals surface area contributed by atoms with Crippen molar-refractivity contribution in [3.63, 3.8) is 0 Å². The molecule has 4 rings (SSSR count). The zero-order valence-corrected chi connectivity index (χ0v) is 21.0. The van der Waals surface area contributed by atoms with E-state index in [9.17, 15) is 14.4 Å². The van der Waals surface area contributed by atoms with Crippen LogP contribution in [0.4, 0.5) is 0 Å². The first-order chi connectivity index (χ1) is 16.3. The summed E-state index contributed by atoms with van der Waals surface area (Å²) in [6, 6.07) is 7.40. The average Bonchev–Trinajstić information content (AvgIpc) is 3.35. The topological polar surface area (TPSA) is 102 Å². The normalized spacial score (nSPS) is 12.5. The number of benzene rings is 1. The standard InChI is InChI=1S/C25H29N5O3S/c1-6-7-10-13-29-23(33)18-11-8-9-12-19(18)30-24(29)27-28-25(30)34-17(5)22(32)21-14(2)20(16(4)31)15(3)26-21/h8-9,11-12,17,26H,6-7,10,13H2,1-5H3. The monoisotopic (exact) mass is 479 g/mol. The number of fused-ring (bicyclic) bond motifs is 3. The maximum absolute atomic E-state index is 13.3. The number of Topliss-reactive ketones (excluding diaryl/α,β-unsaturated/α-hetero) is 2. The largest absolute Gasteiger partial charge is 0.355 e. The first kappa shape index (κ1) is 23.9. The molecule has 0 aliphatic carbocycles. The highest BCUT2D eigenvalue weighted by Gasteiger charge is 2.26. The van der Waals surface area contributed by atoms with Gasteiger partial charge in [0.25, 0.3) is 5.56 Å². The molecule has 178 valence electrons. The van der Waals surface area contributed by atoms with Crippen molar-refractivity contribution in [1.82, 2.24) is 24.1 Å². The van der Waals surface area contributed by atoms with Crippen molar-refractivity contribution >= 4 is 40.0 Å².